The van der Waals surface area contributed by atoms with Crippen molar-refractivity contribution in [1.29, 1.82) is 0 Å². The van der Waals surface area contributed by atoms with Crippen LogP contribution in [0.3, 0.4) is 0 Å². The van der Waals surface area contributed by atoms with Gasteiger partial charge in [-0.05, 0) is 53.9 Å². The maximum Gasteiger partial charge on any atom is 0.279 e. The Balaban J connectivity index is 1.43. The third-order valence-corrected chi connectivity index (χ3v) is 9.14. The normalized spacial score (nSPS) is 14.6. The number of carbonyl (C=O) groups excluding carboxylic acids is 1. The van der Waals surface area contributed by atoms with E-state index in [9.17, 15) is 13.2 Å². The van der Waals surface area contributed by atoms with E-state index in [0.29, 0.717) is 29.3 Å². The monoisotopic (exact) mass is 521 g/mol. The average molecular weight is 522 g/mol. The zero-order valence-electron chi connectivity index (χ0n) is 18.5. The van der Waals surface area contributed by atoms with Crippen LogP contribution in [-0.4, -0.2) is 29.7 Å². The smallest absolute Gasteiger partial charge is 0.279 e. The fourth-order valence-corrected chi connectivity index (χ4v) is 6.96. The van der Waals surface area contributed by atoms with Gasteiger partial charge in [-0.2, -0.15) is 9.30 Å². The predicted octanol–water partition coefficient (Wildman–Crippen LogP) is 4.48. The average Bonchev–Trinajstić information content (AvgIpc) is 3.22. The molecule has 2 heterocycles. The van der Waals surface area contributed by atoms with E-state index in [-0.39, 0.29) is 17.0 Å². The molecule has 0 N–H and O–H groups in total. The molecule has 5 rings (SSSR count). The molecule has 0 fully saturated rings. The van der Waals surface area contributed by atoms with E-state index < -0.39 is 15.9 Å². The van der Waals surface area contributed by atoms with Gasteiger partial charge in [0.25, 0.3) is 5.91 Å². The first kappa shape index (κ1) is 23.5. The van der Waals surface area contributed by atoms with Gasteiger partial charge >= 0.3 is 0 Å². The first-order valence-electron chi connectivity index (χ1n) is 10.9. The summed E-state index contributed by atoms with van der Waals surface area (Å²) in [6.07, 6.45) is 6.19. The summed E-state index contributed by atoms with van der Waals surface area (Å²) in [7, 11) is -3.69. The van der Waals surface area contributed by atoms with Gasteiger partial charge in [0.1, 0.15) is 0 Å². The Labute approximate surface area is 212 Å². The Morgan fingerprint density at radius 1 is 1.06 bits per heavy atom. The van der Waals surface area contributed by atoms with Gasteiger partial charge in [-0.25, -0.2) is 8.42 Å². The highest BCUT2D eigenvalue weighted by molar-refractivity contribution is 7.89. The van der Waals surface area contributed by atoms with Gasteiger partial charge < -0.3 is 4.57 Å². The van der Waals surface area contributed by atoms with E-state index in [0.717, 1.165) is 15.8 Å². The largest absolute Gasteiger partial charge is 0.303 e. The van der Waals surface area contributed by atoms with Crippen molar-refractivity contribution in [2.24, 2.45) is 4.99 Å². The van der Waals surface area contributed by atoms with E-state index in [1.807, 2.05) is 36.4 Å². The van der Waals surface area contributed by atoms with E-state index >= 15 is 0 Å². The lowest BCUT2D eigenvalue weighted by Gasteiger charge is -2.28. The van der Waals surface area contributed by atoms with Gasteiger partial charge in [0, 0.05) is 18.7 Å². The lowest BCUT2D eigenvalue weighted by molar-refractivity contribution is 0.0998. The minimum atomic E-state index is -3.69. The van der Waals surface area contributed by atoms with Crippen LogP contribution in [0.2, 0.25) is 5.02 Å². The Morgan fingerprint density at radius 2 is 1.80 bits per heavy atom. The molecule has 0 bridgehead atoms. The predicted molar refractivity (Wildman–Crippen MR) is 138 cm³/mol. The van der Waals surface area contributed by atoms with Crippen LogP contribution in [0.1, 0.15) is 21.5 Å². The van der Waals surface area contributed by atoms with Crippen LogP contribution in [-0.2, 0) is 29.5 Å². The first-order chi connectivity index (χ1) is 16.9. The number of hydrogen-bond acceptors (Lipinski definition) is 4. The summed E-state index contributed by atoms with van der Waals surface area (Å²) in [4.78, 5) is 17.7. The molecule has 0 atom stereocenters. The number of terminal acetylenes is 1. The minimum Gasteiger partial charge on any atom is -0.303 e. The van der Waals surface area contributed by atoms with Crippen molar-refractivity contribution in [2.45, 2.75) is 24.4 Å². The summed E-state index contributed by atoms with van der Waals surface area (Å²) in [5, 5.41) is 0.526. The third kappa shape index (κ3) is 4.44. The number of hydrogen-bond donors (Lipinski definition) is 0. The first-order valence-corrected chi connectivity index (χ1v) is 13.5. The van der Waals surface area contributed by atoms with Crippen molar-refractivity contribution in [1.82, 2.24) is 8.87 Å². The fraction of sp³-hybridized carbons (Fsp3) is 0.154. The molecule has 176 valence electrons. The summed E-state index contributed by atoms with van der Waals surface area (Å²) in [6.45, 7) is 0.962. The number of nitrogens with zero attached hydrogens (tertiary/aromatic N) is 3. The van der Waals surface area contributed by atoms with Gasteiger partial charge in [0.15, 0.2) is 4.80 Å². The van der Waals surface area contributed by atoms with E-state index in [1.54, 1.807) is 10.6 Å². The Bertz CT molecular complexity index is 1660. The number of halogens is 1. The van der Waals surface area contributed by atoms with Crippen molar-refractivity contribution in [3.63, 3.8) is 0 Å². The number of benzene rings is 3. The molecule has 4 aromatic rings. The molecule has 0 saturated heterocycles. The molecule has 35 heavy (non-hydrogen) atoms. The second-order valence-electron chi connectivity index (χ2n) is 8.06. The molecule has 3 aromatic carbocycles. The van der Waals surface area contributed by atoms with Gasteiger partial charge in [0.05, 0.1) is 26.7 Å². The Hall–Kier alpha value is -3.22. The van der Waals surface area contributed by atoms with Crippen LogP contribution in [0, 0.1) is 12.3 Å². The van der Waals surface area contributed by atoms with Crippen LogP contribution >= 0.6 is 22.9 Å². The maximum atomic E-state index is 13.2. The van der Waals surface area contributed by atoms with Gasteiger partial charge in [-0.3, -0.25) is 4.79 Å². The molecule has 0 spiro atoms. The van der Waals surface area contributed by atoms with Gasteiger partial charge in [-0.1, -0.05) is 59.2 Å². The Morgan fingerprint density at radius 3 is 2.54 bits per heavy atom. The van der Waals surface area contributed by atoms with Crippen molar-refractivity contribution in [2.75, 3.05) is 6.54 Å². The number of para-hydroxylation sites is 1. The standard InChI is InChI=1S/C26H20ClN3O3S2/c1-2-15-30-24-22(27)8-5-9-23(24)34-26(30)28-25(31)19-10-12-21(13-11-19)35(32,33)29-16-14-18-6-3-4-7-20(18)17-29/h1,3-13H,14-17H2. The zero-order chi connectivity index (χ0) is 24.6. The second kappa shape index (κ2) is 9.44. The summed E-state index contributed by atoms with van der Waals surface area (Å²) in [5.74, 6) is 2.08. The molecular formula is C26H20ClN3O3S2. The molecule has 1 aromatic heterocycles. The molecular weight excluding hydrogens is 502 g/mol. The van der Waals surface area contributed by atoms with Crippen LogP contribution in [0.5, 0.6) is 0 Å². The minimum absolute atomic E-state index is 0.143. The van der Waals surface area contributed by atoms with Crippen molar-refractivity contribution in [3.05, 3.63) is 93.2 Å². The quantitative estimate of drug-likeness (QED) is 0.372. The van der Waals surface area contributed by atoms with E-state index in [1.165, 1.54) is 45.5 Å². The van der Waals surface area contributed by atoms with E-state index in [4.69, 9.17) is 18.0 Å². The molecule has 6 nitrogen and oxygen atoms in total. The van der Waals surface area contributed by atoms with Gasteiger partial charge in [-0.15, -0.1) is 6.42 Å². The summed E-state index contributed by atoms with van der Waals surface area (Å²) < 4.78 is 30.5. The van der Waals surface area contributed by atoms with Crippen molar-refractivity contribution >= 4 is 49.1 Å². The molecule has 0 saturated carbocycles. The lowest BCUT2D eigenvalue weighted by Crippen LogP contribution is -2.35. The van der Waals surface area contributed by atoms with Crippen LogP contribution in [0.15, 0.2) is 76.6 Å². The number of aromatic nitrogens is 1. The van der Waals surface area contributed by atoms with Crippen molar-refractivity contribution < 1.29 is 13.2 Å². The summed E-state index contributed by atoms with van der Waals surface area (Å²) in [5.41, 5.74) is 3.19. The number of carbonyl (C=O) groups is 1. The molecule has 0 radical (unpaired) electrons. The second-order valence-corrected chi connectivity index (χ2v) is 11.4. The number of sulfonamides is 1. The maximum absolute atomic E-state index is 13.2. The highest BCUT2D eigenvalue weighted by Gasteiger charge is 2.28. The molecule has 1 aliphatic heterocycles. The highest BCUT2D eigenvalue weighted by atomic mass is 35.5. The number of fused-ring (bicyclic) bond motifs is 2. The van der Waals surface area contributed by atoms with Crippen LogP contribution in [0.4, 0.5) is 0 Å². The van der Waals surface area contributed by atoms with Crippen LogP contribution in [0.25, 0.3) is 10.2 Å². The summed E-state index contributed by atoms with van der Waals surface area (Å²) >= 11 is 7.66. The lowest BCUT2D eigenvalue weighted by atomic mass is 10.0. The summed E-state index contributed by atoms with van der Waals surface area (Å²) in [6, 6.07) is 19.2. The topological polar surface area (TPSA) is 71.7 Å². The molecule has 0 aliphatic carbocycles. The third-order valence-electron chi connectivity index (χ3n) is 5.93. The highest BCUT2D eigenvalue weighted by Crippen LogP contribution is 2.26. The number of thiazole rings is 1. The Kier molecular flexibility index (Phi) is 6.34. The molecule has 9 heteroatoms. The van der Waals surface area contributed by atoms with Gasteiger partial charge in [0.2, 0.25) is 10.0 Å². The fourth-order valence-electron chi connectivity index (χ4n) is 4.16. The molecule has 1 amide bonds. The zero-order valence-corrected chi connectivity index (χ0v) is 20.9. The molecule has 1 aliphatic rings. The van der Waals surface area contributed by atoms with E-state index in [2.05, 4.69) is 10.9 Å². The number of rotatable bonds is 4. The SMILES string of the molecule is C#CCn1c(=NC(=O)c2ccc(S(=O)(=O)N3CCc4ccccc4C3)cc2)sc2cccc(Cl)c21. The van der Waals surface area contributed by atoms with Crippen LogP contribution < -0.4 is 4.80 Å². The molecule has 0 unspecified atom stereocenters. The van der Waals surface area contributed by atoms with Crippen molar-refractivity contribution in [3.8, 4) is 12.3 Å². The number of amides is 1.